The summed E-state index contributed by atoms with van der Waals surface area (Å²) in [6.45, 7) is 5.44. The van der Waals surface area contributed by atoms with Crippen LogP contribution in [0.2, 0.25) is 0 Å². The molecule has 0 bridgehead atoms. The minimum absolute atomic E-state index is 0.153. The van der Waals surface area contributed by atoms with E-state index >= 15 is 0 Å². The fraction of sp³-hybridized carbons (Fsp3) is 0.400. The largest absolute Gasteiger partial charge is 0.465 e. The highest BCUT2D eigenvalue weighted by Crippen LogP contribution is 2.30. The van der Waals surface area contributed by atoms with Crippen molar-refractivity contribution in [3.63, 3.8) is 0 Å². The monoisotopic (exact) mass is 277 g/mol. The number of nitrogens with zero attached hydrogens (tertiary/aromatic N) is 1. The lowest BCUT2D eigenvalue weighted by molar-refractivity contribution is -0.139. The van der Waals surface area contributed by atoms with E-state index in [4.69, 9.17) is 4.74 Å². The fourth-order valence-electron chi connectivity index (χ4n) is 2.09. The topological polar surface area (TPSA) is 31.2 Å². The third-order valence-electron chi connectivity index (χ3n) is 2.87. The van der Waals surface area contributed by atoms with Crippen LogP contribution in [0.3, 0.4) is 0 Å². The molecule has 1 aromatic carbocycles. The van der Waals surface area contributed by atoms with Gasteiger partial charge in [-0.25, -0.2) is 0 Å². The molecule has 0 fully saturated rings. The molecule has 0 amide bonds. The van der Waals surface area contributed by atoms with E-state index in [0.29, 0.717) is 12.4 Å². The summed E-state index contributed by atoms with van der Waals surface area (Å²) in [6.07, 6.45) is 3.23. The molecule has 0 unspecified atom stereocenters. The number of thioether (sulfide) groups is 1. The van der Waals surface area contributed by atoms with Crippen molar-refractivity contribution in [3.8, 4) is 0 Å². The van der Waals surface area contributed by atoms with Crippen molar-refractivity contribution in [1.29, 1.82) is 0 Å². The van der Waals surface area contributed by atoms with Gasteiger partial charge >= 0.3 is 5.97 Å². The first kappa shape index (κ1) is 14.0. The van der Waals surface area contributed by atoms with Gasteiger partial charge in [0, 0.05) is 28.5 Å². The summed E-state index contributed by atoms with van der Waals surface area (Å²) in [7, 11) is 0. The summed E-state index contributed by atoms with van der Waals surface area (Å²) in [6, 6.07) is 8.32. The Bertz CT molecular complexity index is 562. The molecule has 3 nitrogen and oxygen atoms in total. The van der Waals surface area contributed by atoms with Gasteiger partial charge in [0.1, 0.15) is 0 Å². The van der Waals surface area contributed by atoms with E-state index in [9.17, 15) is 4.79 Å². The molecule has 0 aliphatic heterocycles. The van der Waals surface area contributed by atoms with Gasteiger partial charge in [-0.15, -0.1) is 11.8 Å². The van der Waals surface area contributed by atoms with Gasteiger partial charge in [-0.05, 0) is 19.4 Å². The minimum Gasteiger partial charge on any atom is -0.465 e. The number of rotatable bonds is 6. The molecule has 19 heavy (non-hydrogen) atoms. The Hall–Kier alpha value is -1.42. The molecule has 1 aromatic heterocycles. The van der Waals surface area contributed by atoms with Crippen LogP contribution < -0.4 is 0 Å². The highest BCUT2D eigenvalue weighted by molar-refractivity contribution is 8.00. The highest BCUT2D eigenvalue weighted by atomic mass is 32.2. The fourth-order valence-corrected chi connectivity index (χ4v) is 2.98. The van der Waals surface area contributed by atoms with Crippen molar-refractivity contribution in [2.45, 2.75) is 31.7 Å². The zero-order valence-corrected chi connectivity index (χ0v) is 12.2. The molecule has 0 radical (unpaired) electrons. The molecule has 2 aromatic rings. The zero-order valence-electron chi connectivity index (χ0n) is 11.4. The lowest BCUT2D eigenvalue weighted by atomic mass is 10.2. The van der Waals surface area contributed by atoms with Crippen molar-refractivity contribution in [1.82, 2.24) is 4.57 Å². The molecule has 2 rings (SSSR count). The second-order valence-electron chi connectivity index (χ2n) is 4.30. The molecule has 0 saturated heterocycles. The van der Waals surface area contributed by atoms with E-state index in [-0.39, 0.29) is 5.97 Å². The average Bonchev–Trinajstić information content (AvgIpc) is 2.76. The summed E-state index contributed by atoms with van der Waals surface area (Å²) in [5, 5.41) is 1.21. The molecule has 0 aliphatic carbocycles. The van der Waals surface area contributed by atoms with Crippen LogP contribution >= 0.6 is 11.8 Å². The molecule has 0 saturated carbocycles. The number of hydrogen-bond acceptors (Lipinski definition) is 3. The first-order valence-electron chi connectivity index (χ1n) is 6.62. The molecule has 0 N–H and O–H groups in total. The normalized spacial score (nSPS) is 10.8. The smallest absolute Gasteiger partial charge is 0.316 e. The van der Waals surface area contributed by atoms with Crippen LogP contribution in [0.1, 0.15) is 20.3 Å². The van der Waals surface area contributed by atoms with Gasteiger partial charge in [-0.1, -0.05) is 25.1 Å². The SMILES string of the molecule is CCCn1cc(SCC(=O)OCC)c2ccccc21. The highest BCUT2D eigenvalue weighted by Gasteiger charge is 2.10. The maximum absolute atomic E-state index is 11.4. The Morgan fingerprint density at radius 3 is 2.84 bits per heavy atom. The van der Waals surface area contributed by atoms with Crippen molar-refractivity contribution >= 4 is 28.6 Å². The Kier molecular flexibility index (Phi) is 4.91. The number of esters is 1. The van der Waals surface area contributed by atoms with Crippen LogP contribution in [0, 0.1) is 0 Å². The van der Waals surface area contributed by atoms with Crippen molar-refractivity contribution in [3.05, 3.63) is 30.5 Å². The van der Waals surface area contributed by atoms with E-state index in [0.717, 1.165) is 17.9 Å². The van der Waals surface area contributed by atoms with Crippen LogP contribution in [0.15, 0.2) is 35.4 Å². The molecular formula is C15H19NO2S. The number of carbonyl (C=O) groups is 1. The summed E-state index contributed by atoms with van der Waals surface area (Å²) in [4.78, 5) is 12.6. The number of aromatic nitrogens is 1. The van der Waals surface area contributed by atoms with E-state index in [1.807, 2.05) is 19.1 Å². The van der Waals surface area contributed by atoms with Crippen molar-refractivity contribution in [2.24, 2.45) is 0 Å². The Balaban J connectivity index is 2.20. The quantitative estimate of drug-likeness (QED) is 0.596. The number of aryl methyl sites for hydroxylation is 1. The molecule has 0 aliphatic rings. The first-order chi connectivity index (χ1) is 9.26. The third-order valence-corrected chi connectivity index (χ3v) is 3.88. The maximum Gasteiger partial charge on any atom is 0.316 e. The molecule has 0 atom stereocenters. The summed E-state index contributed by atoms with van der Waals surface area (Å²) < 4.78 is 7.22. The number of carbonyl (C=O) groups excluding carboxylic acids is 1. The summed E-state index contributed by atoms with van der Waals surface area (Å²) in [5.74, 6) is 0.216. The average molecular weight is 277 g/mol. The zero-order chi connectivity index (χ0) is 13.7. The standard InChI is InChI=1S/C15H19NO2S/c1-3-9-16-10-14(19-11-15(17)18-4-2)12-7-5-6-8-13(12)16/h5-8,10H,3-4,9,11H2,1-2H3. The van der Waals surface area contributed by atoms with Crippen LogP contribution in [-0.2, 0) is 16.1 Å². The number of hydrogen-bond donors (Lipinski definition) is 0. The number of para-hydroxylation sites is 1. The van der Waals surface area contributed by atoms with E-state index in [2.05, 4.69) is 29.8 Å². The van der Waals surface area contributed by atoms with Crippen molar-refractivity contribution < 1.29 is 9.53 Å². The summed E-state index contributed by atoms with van der Waals surface area (Å²) >= 11 is 1.55. The molecular weight excluding hydrogens is 258 g/mol. The lowest BCUT2D eigenvalue weighted by Gasteiger charge is -2.01. The van der Waals surface area contributed by atoms with Gasteiger partial charge in [-0.2, -0.15) is 0 Å². The van der Waals surface area contributed by atoms with Crippen LogP contribution in [0.4, 0.5) is 0 Å². The minimum atomic E-state index is -0.153. The predicted molar refractivity (Wildman–Crippen MR) is 79.6 cm³/mol. The van der Waals surface area contributed by atoms with Gasteiger partial charge < -0.3 is 9.30 Å². The Morgan fingerprint density at radius 1 is 1.32 bits per heavy atom. The molecule has 102 valence electrons. The number of ether oxygens (including phenoxy) is 1. The third kappa shape index (κ3) is 3.32. The second-order valence-corrected chi connectivity index (χ2v) is 5.31. The Labute approximate surface area is 117 Å². The van der Waals surface area contributed by atoms with Gasteiger partial charge in [0.2, 0.25) is 0 Å². The van der Waals surface area contributed by atoms with E-state index in [1.165, 1.54) is 10.9 Å². The van der Waals surface area contributed by atoms with Crippen LogP contribution in [0.5, 0.6) is 0 Å². The summed E-state index contributed by atoms with van der Waals surface area (Å²) in [5.41, 5.74) is 1.23. The van der Waals surface area contributed by atoms with E-state index < -0.39 is 0 Å². The predicted octanol–water partition coefficient (Wildman–Crippen LogP) is 3.71. The van der Waals surface area contributed by atoms with Gasteiger partial charge in [0.05, 0.1) is 12.4 Å². The van der Waals surface area contributed by atoms with Crippen LogP contribution in [-0.4, -0.2) is 22.9 Å². The van der Waals surface area contributed by atoms with Gasteiger partial charge in [0.25, 0.3) is 0 Å². The Morgan fingerprint density at radius 2 is 2.11 bits per heavy atom. The number of fused-ring (bicyclic) bond motifs is 1. The van der Waals surface area contributed by atoms with Crippen molar-refractivity contribution in [2.75, 3.05) is 12.4 Å². The lowest BCUT2D eigenvalue weighted by Crippen LogP contribution is -2.06. The van der Waals surface area contributed by atoms with Gasteiger partial charge in [0.15, 0.2) is 0 Å². The first-order valence-corrected chi connectivity index (χ1v) is 7.61. The van der Waals surface area contributed by atoms with Gasteiger partial charge in [-0.3, -0.25) is 4.79 Å². The molecule has 1 heterocycles. The molecule has 4 heteroatoms. The van der Waals surface area contributed by atoms with Crippen LogP contribution in [0.25, 0.3) is 10.9 Å². The maximum atomic E-state index is 11.4. The number of benzene rings is 1. The van der Waals surface area contributed by atoms with E-state index in [1.54, 1.807) is 11.8 Å². The molecule has 0 spiro atoms. The second kappa shape index (κ2) is 6.66.